The van der Waals surface area contributed by atoms with Crippen LogP contribution in [-0.4, -0.2) is 44.4 Å². The number of hydrogen-bond donors (Lipinski definition) is 1. The molecule has 3 heterocycles. The van der Waals surface area contributed by atoms with Gasteiger partial charge in [0.2, 0.25) is 5.95 Å². The number of hydrogen-bond acceptors (Lipinski definition) is 6. The molecular weight excluding hydrogens is 486 g/mol. The van der Waals surface area contributed by atoms with Crippen LogP contribution in [0.4, 0.5) is 5.95 Å². The van der Waals surface area contributed by atoms with Gasteiger partial charge in [-0.15, -0.1) is 11.3 Å². The van der Waals surface area contributed by atoms with E-state index in [1.54, 1.807) is 23.7 Å². The highest BCUT2D eigenvalue weighted by Crippen LogP contribution is 2.44. The lowest BCUT2D eigenvalue weighted by molar-refractivity contribution is 0.0602. The maximum Gasteiger partial charge on any atom is 0.274 e. The van der Waals surface area contributed by atoms with Crippen molar-refractivity contribution >= 4 is 39.1 Å². The Morgan fingerprint density at radius 2 is 1.97 bits per heavy atom. The van der Waals surface area contributed by atoms with E-state index < -0.39 is 0 Å². The van der Waals surface area contributed by atoms with E-state index in [2.05, 4.69) is 68.2 Å². The van der Waals surface area contributed by atoms with Gasteiger partial charge in [-0.05, 0) is 78.6 Å². The molecule has 2 bridgehead atoms. The first-order chi connectivity index (χ1) is 15.4. The van der Waals surface area contributed by atoms with Gasteiger partial charge < -0.3 is 10.2 Å². The number of benzene rings is 1. The molecule has 3 atom stereocenters. The van der Waals surface area contributed by atoms with Gasteiger partial charge in [0.25, 0.3) is 5.91 Å². The van der Waals surface area contributed by atoms with E-state index in [1.807, 2.05) is 6.92 Å². The van der Waals surface area contributed by atoms with Crippen LogP contribution in [0, 0.1) is 26.7 Å². The Kier molecular flexibility index (Phi) is 5.75. The van der Waals surface area contributed by atoms with Crippen molar-refractivity contribution in [3.05, 3.63) is 56.9 Å². The molecule has 166 valence electrons. The summed E-state index contributed by atoms with van der Waals surface area (Å²) < 4.78 is 0.845. The van der Waals surface area contributed by atoms with E-state index >= 15 is 0 Å². The van der Waals surface area contributed by atoms with Crippen LogP contribution in [-0.2, 0) is 0 Å². The predicted octanol–water partition coefficient (Wildman–Crippen LogP) is 5.39. The number of likely N-dealkylation sites (tertiary alicyclic amines) is 1. The molecule has 0 spiro atoms. The third-order valence-electron chi connectivity index (χ3n) is 6.77. The Morgan fingerprint density at radius 1 is 1.19 bits per heavy atom. The number of amides is 1. The Labute approximate surface area is 200 Å². The van der Waals surface area contributed by atoms with Gasteiger partial charge in [-0.25, -0.2) is 15.0 Å². The highest BCUT2D eigenvalue weighted by Gasteiger charge is 2.48. The summed E-state index contributed by atoms with van der Waals surface area (Å²) in [6.07, 6.45) is 6.77. The van der Waals surface area contributed by atoms with Gasteiger partial charge >= 0.3 is 0 Å². The van der Waals surface area contributed by atoms with E-state index in [0.29, 0.717) is 30.1 Å². The van der Waals surface area contributed by atoms with Gasteiger partial charge in [-0.1, -0.05) is 18.2 Å². The standard InChI is InChI=1S/C24H26BrN5OS/c1-13-4-5-17(8-14(13)2)22-21(29-15(3)32-22)23(31)30-19-7-6-16(9-19)20(30)12-28-24-26-10-18(25)11-27-24/h4-5,8,10-11,16,19-20H,6-7,9,12H2,1-3H3,(H,26,27,28)/t16-,19+,20+/m0/s1. The first-order valence-electron chi connectivity index (χ1n) is 11.0. The fraction of sp³-hybridized carbons (Fsp3) is 0.417. The van der Waals surface area contributed by atoms with E-state index in [-0.39, 0.29) is 11.9 Å². The number of carbonyl (C=O) groups excluding carboxylic acids is 1. The molecule has 1 amide bonds. The Bertz CT molecular complexity index is 1160. The summed E-state index contributed by atoms with van der Waals surface area (Å²) in [5, 5.41) is 4.27. The molecule has 2 aliphatic rings. The maximum atomic E-state index is 13.9. The highest BCUT2D eigenvalue weighted by molar-refractivity contribution is 9.10. The third-order valence-corrected chi connectivity index (χ3v) is 8.20. The molecular formula is C24H26BrN5OS. The van der Waals surface area contributed by atoms with Gasteiger partial charge in [0.15, 0.2) is 0 Å². The van der Waals surface area contributed by atoms with Crippen molar-refractivity contribution in [2.45, 2.75) is 52.1 Å². The Balaban J connectivity index is 1.42. The smallest absolute Gasteiger partial charge is 0.274 e. The van der Waals surface area contributed by atoms with E-state index in [9.17, 15) is 4.79 Å². The summed E-state index contributed by atoms with van der Waals surface area (Å²) >= 11 is 4.97. The number of fused-ring (bicyclic) bond motifs is 2. The first kappa shape index (κ1) is 21.5. The summed E-state index contributed by atoms with van der Waals surface area (Å²) in [4.78, 5) is 30.3. The third kappa shape index (κ3) is 3.94. The van der Waals surface area contributed by atoms with Crippen LogP contribution < -0.4 is 5.32 Å². The fourth-order valence-corrected chi connectivity index (χ4v) is 6.16. The molecule has 1 aromatic carbocycles. The SMILES string of the molecule is Cc1nc(C(=O)N2[C@@H]3CC[C@@H](C3)[C@H]2CNc2ncc(Br)cn2)c(-c2ccc(C)c(C)c2)s1. The van der Waals surface area contributed by atoms with Crippen LogP contribution in [0.25, 0.3) is 10.4 Å². The number of piperidine rings is 1. The van der Waals surface area contributed by atoms with Crippen molar-refractivity contribution in [1.82, 2.24) is 19.9 Å². The van der Waals surface area contributed by atoms with Gasteiger partial charge in [0.1, 0.15) is 5.69 Å². The molecule has 1 saturated heterocycles. The summed E-state index contributed by atoms with van der Waals surface area (Å²) in [7, 11) is 0. The lowest BCUT2D eigenvalue weighted by atomic mass is 9.98. The molecule has 2 fully saturated rings. The number of halogens is 1. The zero-order valence-corrected chi connectivity index (χ0v) is 20.8. The van der Waals surface area contributed by atoms with Crippen LogP contribution in [0.5, 0.6) is 0 Å². The second-order valence-corrected chi connectivity index (χ2v) is 10.9. The lowest BCUT2D eigenvalue weighted by Gasteiger charge is -2.35. The molecule has 32 heavy (non-hydrogen) atoms. The summed E-state index contributed by atoms with van der Waals surface area (Å²) in [5.41, 5.74) is 4.14. The first-order valence-corrected chi connectivity index (χ1v) is 12.6. The molecule has 1 saturated carbocycles. The Morgan fingerprint density at radius 3 is 2.72 bits per heavy atom. The number of carbonyl (C=O) groups is 1. The van der Waals surface area contributed by atoms with Gasteiger partial charge in [-0.2, -0.15) is 0 Å². The van der Waals surface area contributed by atoms with E-state index in [1.165, 1.54) is 17.5 Å². The van der Waals surface area contributed by atoms with Gasteiger partial charge in [-0.3, -0.25) is 4.79 Å². The summed E-state index contributed by atoms with van der Waals surface area (Å²) in [5.74, 6) is 1.15. The molecule has 1 aliphatic heterocycles. The van der Waals surface area contributed by atoms with Crippen molar-refractivity contribution in [3.63, 3.8) is 0 Å². The second kappa shape index (κ2) is 8.56. The van der Waals surface area contributed by atoms with Crippen LogP contribution in [0.15, 0.2) is 35.1 Å². The number of nitrogens with one attached hydrogen (secondary N) is 1. The number of nitrogens with zero attached hydrogens (tertiary/aromatic N) is 4. The van der Waals surface area contributed by atoms with Crippen LogP contribution in [0.1, 0.15) is 45.9 Å². The van der Waals surface area contributed by atoms with E-state index in [0.717, 1.165) is 32.8 Å². The van der Waals surface area contributed by atoms with Crippen molar-refractivity contribution < 1.29 is 4.79 Å². The number of anilines is 1. The normalized spacial score (nSPS) is 21.9. The van der Waals surface area contributed by atoms with Gasteiger partial charge in [0.05, 0.1) is 20.4 Å². The minimum atomic E-state index is 0.0540. The minimum Gasteiger partial charge on any atom is -0.352 e. The monoisotopic (exact) mass is 511 g/mol. The van der Waals surface area contributed by atoms with Crippen LogP contribution in [0.3, 0.4) is 0 Å². The quantitative estimate of drug-likeness (QED) is 0.496. The molecule has 0 radical (unpaired) electrons. The highest BCUT2D eigenvalue weighted by atomic mass is 79.9. The zero-order chi connectivity index (χ0) is 22.4. The van der Waals surface area contributed by atoms with Crippen molar-refractivity contribution in [1.29, 1.82) is 0 Å². The minimum absolute atomic E-state index is 0.0540. The molecule has 6 nitrogen and oxygen atoms in total. The molecule has 5 rings (SSSR count). The summed E-state index contributed by atoms with van der Waals surface area (Å²) in [6, 6.07) is 6.81. The fourth-order valence-electron chi connectivity index (χ4n) is 5.05. The number of rotatable bonds is 5. The summed E-state index contributed by atoms with van der Waals surface area (Å²) in [6.45, 7) is 6.85. The average Bonchev–Trinajstić information content (AvgIpc) is 3.49. The van der Waals surface area contributed by atoms with E-state index in [4.69, 9.17) is 4.98 Å². The molecule has 8 heteroatoms. The topological polar surface area (TPSA) is 71.0 Å². The number of aromatic nitrogens is 3. The van der Waals surface area contributed by atoms with Crippen LogP contribution in [0.2, 0.25) is 0 Å². The molecule has 0 unspecified atom stereocenters. The predicted molar refractivity (Wildman–Crippen MR) is 131 cm³/mol. The molecule has 3 aromatic rings. The maximum absolute atomic E-state index is 13.9. The number of aryl methyl sites for hydroxylation is 3. The van der Waals surface area contributed by atoms with Crippen molar-refractivity contribution in [2.75, 3.05) is 11.9 Å². The molecule has 1 N–H and O–H groups in total. The van der Waals surface area contributed by atoms with Crippen molar-refractivity contribution in [2.24, 2.45) is 5.92 Å². The molecule has 2 aromatic heterocycles. The largest absolute Gasteiger partial charge is 0.352 e. The lowest BCUT2D eigenvalue weighted by Crippen LogP contribution is -2.48. The molecule has 1 aliphatic carbocycles. The number of thiazole rings is 1. The van der Waals surface area contributed by atoms with Crippen LogP contribution >= 0.6 is 27.3 Å². The van der Waals surface area contributed by atoms with Gasteiger partial charge in [0, 0.05) is 25.0 Å². The van der Waals surface area contributed by atoms with Crippen molar-refractivity contribution in [3.8, 4) is 10.4 Å². The average molecular weight is 512 g/mol. The second-order valence-electron chi connectivity index (χ2n) is 8.82. The zero-order valence-electron chi connectivity index (χ0n) is 18.4. The Hall–Kier alpha value is -2.32.